The van der Waals surface area contributed by atoms with Crippen molar-refractivity contribution in [3.63, 3.8) is 0 Å². The number of rotatable bonds is 3. The van der Waals surface area contributed by atoms with E-state index in [1.807, 2.05) is 0 Å². The average molecular weight is 314 g/mol. The number of esters is 1. The topological polar surface area (TPSA) is 38.7 Å². The highest BCUT2D eigenvalue weighted by Gasteiger charge is 2.26. The van der Waals surface area contributed by atoms with E-state index in [0.717, 1.165) is 11.3 Å². The van der Waals surface area contributed by atoms with Gasteiger partial charge in [-0.3, -0.25) is 4.99 Å². The number of aliphatic imine (C=N–C) groups is 1. The zero-order valence-corrected chi connectivity index (χ0v) is 11.5. The summed E-state index contributed by atoms with van der Waals surface area (Å²) in [6.07, 6.45) is 1.35. The molecule has 0 unspecified atom stereocenters. The molecule has 18 heavy (non-hydrogen) atoms. The first-order valence-corrected chi connectivity index (χ1v) is 6.60. The molecule has 0 spiro atoms. The van der Waals surface area contributed by atoms with Gasteiger partial charge in [0, 0.05) is 15.7 Å². The van der Waals surface area contributed by atoms with Crippen LogP contribution in [0.3, 0.4) is 0 Å². The lowest BCUT2D eigenvalue weighted by atomic mass is 10.1. The highest BCUT2D eigenvalue weighted by atomic mass is 79.9. The van der Waals surface area contributed by atoms with E-state index < -0.39 is 6.04 Å². The van der Waals surface area contributed by atoms with Gasteiger partial charge in [-0.25, -0.2) is 9.18 Å². The van der Waals surface area contributed by atoms with E-state index in [4.69, 9.17) is 4.74 Å². The van der Waals surface area contributed by atoms with Crippen LogP contribution in [-0.2, 0) is 9.53 Å². The summed E-state index contributed by atoms with van der Waals surface area (Å²) >= 11 is 3.31. The molecule has 5 heteroatoms. The van der Waals surface area contributed by atoms with Crippen LogP contribution in [0, 0.1) is 5.82 Å². The second-order valence-corrected chi connectivity index (χ2v) is 4.86. The van der Waals surface area contributed by atoms with Gasteiger partial charge in [0.25, 0.3) is 0 Å². The lowest BCUT2D eigenvalue weighted by Crippen LogP contribution is -2.18. The van der Waals surface area contributed by atoms with E-state index in [-0.39, 0.29) is 11.8 Å². The van der Waals surface area contributed by atoms with Gasteiger partial charge in [-0.2, -0.15) is 0 Å². The van der Waals surface area contributed by atoms with Gasteiger partial charge >= 0.3 is 5.97 Å². The summed E-state index contributed by atoms with van der Waals surface area (Å²) in [4.78, 5) is 15.9. The number of ether oxygens (including phenoxy) is 1. The Kier molecular flexibility index (Phi) is 4.11. The van der Waals surface area contributed by atoms with Crippen molar-refractivity contribution in [2.45, 2.75) is 25.8 Å². The molecule has 0 saturated heterocycles. The summed E-state index contributed by atoms with van der Waals surface area (Å²) in [5.41, 5.74) is 1.66. The molecular weight excluding hydrogens is 301 g/mol. The maximum absolute atomic E-state index is 13.0. The van der Waals surface area contributed by atoms with Crippen molar-refractivity contribution in [3.8, 4) is 0 Å². The van der Waals surface area contributed by atoms with E-state index >= 15 is 0 Å². The average Bonchev–Trinajstić information content (AvgIpc) is 2.78. The van der Waals surface area contributed by atoms with Crippen LogP contribution in [0.5, 0.6) is 0 Å². The third kappa shape index (κ3) is 2.77. The van der Waals surface area contributed by atoms with Crippen molar-refractivity contribution in [2.75, 3.05) is 6.61 Å². The zero-order valence-electron chi connectivity index (χ0n) is 9.95. The van der Waals surface area contributed by atoms with Crippen LogP contribution in [0.15, 0.2) is 27.7 Å². The minimum absolute atomic E-state index is 0.286. The van der Waals surface area contributed by atoms with E-state index in [2.05, 4.69) is 20.9 Å². The lowest BCUT2D eigenvalue weighted by molar-refractivity contribution is -0.144. The van der Waals surface area contributed by atoms with Gasteiger partial charge in [0.2, 0.25) is 0 Å². The maximum atomic E-state index is 13.0. The molecule has 1 aromatic rings. The number of carbonyl (C=O) groups is 1. The summed E-state index contributed by atoms with van der Waals surface area (Å²) in [7, 11) is 0. The predicted octanol–water partition coefficient (Wildman–Crippen LogP) is 3.10. The summed E-state index contributed by atoms with van der Waals surface area (Å²) < 4.78 is 18.6. The fourth-order valence-electron chi connectivity index (χ4n) is 1.93. The van der Waals surface area contributed by atoms with E-state index in [0.29, 0.717) is 23.9 Å². The SMILES string of the molecule is CCOC(=O)[C@H]1CCC(c2ccc(F)cc2Br)=N1. The number of hydrogen-bond donors (Lipinski definition) is 0. The molecule has 0 radical (unpaired) electrons. The maximum Gasteiger partial charge on any atom is 0.330 e. The third-order valence-corrected chi connectivity index (χ3v) is 3.42. The van der Waals surface area contributed by atoms with Gasteiger partial charge in [-0.05, 0) is 38.0 Å². The lowest BCUT2D eigenvalue weighted by Gasteiger charge is -2.05. The molecule has 96 valence electrons. The Morgan fingerprint density at radius 1 is 1.61 bits per heavy atom. The molecule has 1 aliphatic heterocycles. The molecule has 1 aromatic carbocycles. The summed E-state index contributed by atoms with van der Waals surface area (Å²) in [5.74, 6) is -0.586. The molecule has 1 aliphatic rings. The van der Waals surface area contributed by atoms with Crippen LogP contribution in [0.25, 0.3) is 0 Å². The van der Waals surface area contributed by atoms with Gasteiger partial charge in [0.15, 0.2) is 0 Å². The first-order chi connectivity index (χ1) is 8.61. The van der Waals surface area contributed by atoms with Crippen LogP contribution in [0.2, 0.25) is 0 Å². The Bertz CT molecular complexity index is 502. The first kappa shape index (κ1) is 13.2. The van der Waals surface area contributed by atoms with Gasteiger partial charge in [-0.15, -0.1) is 0 Å². The van der Waals surface area contributed by atoms with Crippen LogP contribution in [-0.4, -0.2) is 24.3 Å². The Hall–Kier alpha value is -1.23. The molecule has 0 N–H and O–H groups in total. The minimum Gasteiger partial charge on any atom is -0.464 e. The Balaban J connectivity index is 2.20. The number of benzene rings is 1. The third-order valence-electron chi connectivity index (χ3n) is 2.77. The minimum atomic E-state index is -0.420. The molecule has 0 aromatic heterocycles. The highest BCUT2D eigenvalue weighted by molar-refractivity contribution is 9.10. The summed E-state index contributed by atoms with van der Waals surface area (Å²) in [5, 5.41) is 0. The number of carbonyl (C=O) groups excluding carboxylic acids is 1. The van der Waals surface area contributed by atoms with Crippen molar-refractivity contribution >= 4 is 27.6 Å². The van der Waals surface area contributed by atoms with Crippen molar-refractivity contribution in [2.24, 2.45) is 4.99 Å². The largest absolute Gasteiger partial charge is 0.464 e. The van der Waals surface area contributed by atoms with Gasteiger partial charge < -0.3 is 4.74 Å². The van der Waals surface area contributed by atoms with Crippen LogP contribution in [0.1, 0.15) is 25.3 Å². The predicted molar refractivity (Wildman–Crippen MR) is 70.3 cm³/mol. The highest BCUT2D eigenvalue weighted by Crippen LogP contribution is 2.25. The van der Waals surface area contributed by atoms with Crippen molar-refractivity contribution in [1.82, 2.24) is 0 Å². The van der Waals surface area contributed by atoms with Crippen LogP contribution in [0.4, 0.5) is 4.39 Å². The monoisotopic (exact) mass is 313 g/mol. The zero-order chi connectivity index (χ0) is 13.1. The molecular formula is C13H13BrFNO2. The molecule has 0 amide bonds. The number of hydrogen-bond acceptors (Lipinski definition) is 3. The second-order valence-electron chi connectivity index (χ2n) is 4.01. The molecule has 0 bridgehead atoms. The second kappa shape index (κ2) is 5.61. The molecule has 0 aliphatic carbocycles. The summed E-state index contributed by atoms with van der Waals surface area (Å²) in [6, 6.07) is 4.04. The van der Waals surface area contributed by atoms with Crippen molar-refractivity contribution in [3.05, 3.63) is 34.1 Å². The van der Waals surface area contributed by atoms with Gasteiger partial charge in [-0.1, -0.05) is 15.9 Å². The van der Waals surface area contributed by atoms with Crippen molar-refractivity contribution < 1.29 is 13.9 Å². The van der Waals surface area contributed by atoms with Gasteiger partial charge in [0.1, 0.15) is 11.9 Å². The number of halogens is 2. The van der Waals surface area contributed by atoms with E-state index in [1.165, 1.54) is 12.1 Å². The standard InChI is InChI=1S/C13H13BrFNO2/c1-2-18-13(17)12-6-5-11(16-12)9-4-3-8(15)7-10(9)14/h3-4,7,12H,2,5-6H2,1H3/t12-/m1/s1. The smallest absolute Gasteiger partial charge is 0.330 e. The molecule has 3 nitrogen and oxygen atoms in total. The van der Waals surface area contributed by atoms with E-state index in [9.17, 15) is 9.18 Å². The molecule has 2 rings (SSSR count). The Labute approximate surface area is 113 Å². The Morgan fingerprint density at radius 2 is 2.39 bits per heavy atom. The molecule has 0 saturated carbocycles. The summed E-state index contributed by atoms with van der Waals surface area (Å²) in [6.45, 7) is 2.13. The fourth-order valence-corrected chi connectivity index (χ4v) is 2.51. The normalized spacial score (nSPS) is 18.6. The Morgan fingerprint density at radius 3 is 3.06 bits per heavy atom. The molecule has 1 heterocycles. The van der Waals surface area contributed by atoms with Crippen molar-refractivity contribution in [1.29, 1.82) is 0 Å². The molecule has 1 atom stereocenters. The van der Waals surface area contributed by atoms with Crippen LogP contribution < -0.4 is 0 Å². The molecule has 0 fully saturated rings. The van der Waals surface area contributed by atoms with E-state index in [1.54, 1.807) is 13.0 Å². The number of nitrogens with zero attached hydrogens (tertiary/aromatic N) is 1. The first-order valence-electron chi connectivity index (χ1n) is 5.80. The van der Waals surface area contributed by atoms with Crippen LogP contribution >= 0.6 is 15.9 Å². The quantitative estimate of drug-likeness (QED) is 0.804. The fraction of sp³-hybridized carbons (Fsp3) is 0.385. The van der Waals surface area contributed by atoms with Gasteiger partial charge in [0.05, 0.1) is 6.61 Å².